The molecule has 0 amide bonds. The first-order valence-electron chi connectivity index (χ1n) is 4.71. The highest BCUT2D eigenvalue weighted by atomic mass is 79.9. The van der Waals surface area contributed by atoms with Crippen molar-refractivity contribution < 1.29 is 0 Å². The van der Waals surface area contributed by atoms with Crippen molar-refractivity contribution in [3.05, 3.63) is 22.3 Å². The molecule has 0 saturated heterocycles. The van der Waals surface area contributed by atoms with Crippen molar-refractivity contribution in [2.45, 2.75) is 26.3 Å². The van der Waals surface area contributed by atoms with Crippen LogP contribution in [0.25, 0.3) is 0 Å². The summed E-state index contributed by atoms with van der Waals surface area (Å²) in [5, 5.41) is 3.23. The van der Waals surface area contributed by atoms with Crippen LogP contribution >= 0.6 is 15.9 Å². The molecule has 0 aromatic carbocycles. The fourth-order valence-electron chi connectivity index (χ4n) is 1.06. The van der Waals surface area contributed by atoms with Gasteiger partial charge in [0, 0.05) is 23.3 Å². The maximum absolute atomic E-state index is 5.64. The Morgan fingerprint density at radius 2 is 2.36 bits per heavy atom. The number of aromatic nitrogens is 1. The minimum atomic E-state index is 0.235. The SMILES string of the molecule is Cc1cc(NCCC(C)N)ncc1Br. The first kappa shape index (κ1) is 11.5. The van der Waals surface area contributed by atoms with Crippen LogP contribution in [0.1, 0.15) is 18.9 Å². The highest BCUT2D eigenvalue weighted by molar-refractivity contribution is 9.10. The van der Waals surface area contributed by atoms with Crippen molar-refractivity contribution in [3.8, 4) is 0 Å². The maximum Gasteiger partial charge on any atom is 0.126 e. The molecule has 0 radical (unpaired) electrons. The van der Waals surface area contributed by atoms with E-state index in [9.17, 15) is 0 Å². The summed E-state index contributed by atoms with van der Waals surface area (Å²) < 4.78 is 1.04. The normalized spacial score (nSPS) is 12.6. The van der Waals surface area contributed by atoms with Gasteiger partial charge in [0.15, 0.2) is 0 Å². The lowest BCUT2D eigenvalue weighted by atomic mass is 10.2. The summed E-state index contributed by atoms with van der Waals surface area (Å²) in [6.45, 7) is 4.91. The summed E-state index contributed by atoms with van der Waals surface area (Å²) in [7, 11) is 0. The Morgan fingerprint density at radius 3 is 2.93 bits per heavy atom. The summed E-state index contributed by atoms with van der Waals surface area (Å²) >= 11 is 3.41. The molecule has 0 aliphatic heterocycles. The fraction of sp³-hybridized carbons (Fsp3) is 0.500. The second-order valence-electron chi connectivity index (χ2n) is 3.51. The molecule has 0 fully saturated rings. The van der Waals surface area contributed by atoms with Crippen molar-refractivity contribution in [2.75, 3.05) is 11.9 Å². The molecule has 4 heteroatoms. The number of rotatable bonds is 4. The first-order chi connectivity index (χ1) is 6.59. The average molecular weight is 258 g/mol. The predicted molar refractivity (Wildman–Crippen MR) is 63.4 cm³/mol. The first-order valence-corrected chi connectivity index (χ1v) is 5.50. The molecule has 1 rings (SSSR count). The largest absolute Gasteiger partial charge is 0.370 e. The summed E-state index contributed by atoms with van der Waals surface area (Å²) in [6.07, 6.45) is 2.76. The molecule has 0 aliphatic rings. The zero-order valence-corrected chi connectivity index (χ0v) is 10.1. The predicted octanol–water partition coefficient (Wildman–Crippen LogP) is 2.30. The van der Waals surface area contributed by atoms with Gasteiger partial charge in [-0.2, -0.15) is 0 Å². The summed E-state index contributed by atoms with van der Waals surface area (Å²) in [5.41, 5.74) is 6.83. The van der Waals surface area contributed by atoms with Crippen LogP contribution in [0.3, 0.4) is 0 Å². The molecule has 1 aromatic heterocycles. The molecule has 0 spiro atoms. The Bertz CT molecular complexity index is 299. The van der Waals surface area contributed by atoms with E-state index in [1.165, 1.54) is 5.56 Å². The van der Waals surface area contributed by atoms with Gasteiger partial charge < -0.3 is 11.1 Å². The smallest absolute Gasteiger partial charge is 0.126 e. The van der Waals surface area contributed by atoms with Crippen LogP contribution in [-0.2, 0) is 0 Å². The van der Waals surface area contributed by atoms with Crippen molar-refractivity contribution in [1.82, 2.24) is 4.98 Å². The molecule has 1 heterocycles. The van der Waals surface area contributed by atoms with Gasteiger partial charge in [-0.15, -0.1) is 0 Å². The van der Waals surface area contributed by atoms with Crippen LogP contribution in [0, 0.1) is 6.92 Å². The van der Waals surface area contributed by atoms with Crippen molar-refractivity contribution >= 4 is 21.7 Å². The fourth-order valence-corrected chi connectivity index (χ4v) is 1.28. The van der Waals surface area contributed by atoms with E-state index in [0.29, 0.717) is 0 Å². The minimum Gasteiger partial charge on any atom is -0.370 e. The molecule has 1 aromatic rings. The molecule has 0 bridgehead atoms. The third-order valence-electron chi connectivity index (χ3n) is 1.95. The van der Waals surface area contributed by atoms with Gasteiger partial charge in [0.2, 0.25) is 0 Å². The quantitative estimate of drug-likeness (QED) is 0.871. The molecule has 78 valence electrons. The number of nitrogens with zero attached hydrogens (tertiary/aromatic N) is 1. The standard InChI is InChI=1S/C10H16BrN3/c1-7-5-10(14-6-9(7)11)13-4-3-8(2)12/h5-6,8H,3-4,12H2,1-2H3,(H,13,14). The van der Waals surface area contributed by atoms with E-state index in [0.717, 1.165) is 23.3 Å². The molecular formula is C10H16BrN3. The van der Waals surface area contributed by atoms with Gasteiger partial charge in [-0.25, -0.2) is 4.98 Å². The van der Waals surface area contributed by atoms with E-state index in [2.05, 4.69) is 26.2 Å². The lowest BCUT2D eigenvalue weighted by Gasteiger charge is -2.08. The van der Waals surface area contributed by atoms with Gasteiger partial charge in [-0.3, -0.25) is 0 Å². The number of anilines is 1. The van der Waals surface area contributed by atoms with Crippen molar-refractivity contribution in [2.24, 2.45) is 5.73 Å². The molecule has 3 N–H and O–H groups in total. The zero-order chi connectivity index (χ0) is 10.6. The van der Waals surface area contributed by atoms with Crippen LogP contribution in [-0.4, -0.2) is 17.6 Å². The molecule has 14 heavy (non-hydrogen) atoms. The van der Waals surface area contributed by atoms with Crippen LogP contribution in [0.5, 0.6) is 0 Å². The summed E-state index contributed by atoms with van der Waals surface area (Å²) in [4.78, 5) is 4.24. The molecule has 1 atom stereocenters. The van der Waals surface area contributed by atoms with Crippen LogP contribution in [0.2, 0.25) is 0 Å². The Hall–Kier alpha value is -0.610. The van der Waals surface area contributed by atoms with E-state index in [1.54, 1.807) is 0 Å². The molecular weight excluding hydrogens is 242 g/mol. The molecule has 3 nitrogen and oxygen atoms in total. The van der Waals surface area contributed by atoms with Gasteiger partial charge in [0.25, 0.3) is 0 Å². The number of nitrogens with two attached hydrogens (primary N) is 1. The highest BCUT2D eigenvalue weighted by Crippen LogP contribution is 2.16. The number of halogens is 1. The molecule has 1 unspecified atom stereocenters. The summed E-state index contributed by atoms with van der Waals surface area (Å²) in [5.74, 6) is 0.909. The Labute approximate surface area is 93.2 Å². The van der Waals surface area contributed by atoms with E-state index < -0.39 is 0 Å². The van der Waals surface area contributed by atoms with E-state index in [1.807, 2.05) is 26.1 Å². The highest BCUT2D eigenvalue weighted by Gasteiger charge is 1.98. The number of pyridine rings is 1. The minimum absolute atomic E-state index is 0.235. The van der Waals surface area contributed by atoms with E-state index in [4.69, 9.17) is 5.73 Å². The van der Waals surface area contributed by atoms with Crippen LogP contribution in [0.4, 0.5) is 5.82 Å². The lowest BCUT2D eigenvalue weighted by Crippen LogP contribution is -2.19. The Morgan fingerprint density at radius 1 is 1.64 bits per heavy atom. The molecule has 0 saturated carbocycles. The number of aryl methyl sites for hydroxylation is 1. The van der Waals surface area contributed by atoms with E-state index in [-0.39, 0.29) is 6.04 Å². The Balaban J connectivity index is 2.47. The van der Waals surface area contributed by atoms with Gasteiger partial charge in [0.05, 0.1) is 0 Å². The number of hydrogen-bond acceptors (Lipinski definition) is 3. The zero-order valence-electron chi connectivity index (χ0n) is 8.55. The summed E-state index contributed by atoms with van der Waals surface area (Å²) in [6, 6.07) is 2.25. The maximum atomic E-state index is 5.64. The third-order valence-corrected chi connectivity index (χ3v) is 2.78. The number of hydrogen-bond donors (Lipinski definition) is 2. The van der Waals surface area contributed by atoms with Crippen molar-refractivity contribution in [3.63, 3.8) is 0 Å². The molecule has 0 aliphatic carbocycles. The van der Waals surface area contributed by atoms with Gasteiger partial charge in [0.1, 0.15) is 5.82 Å². The van der Waals surface area contributed by atoms with Gasteiger partial charge >= 0.3 is 0 Å². The van der Waals surface area contributed by atoms with Crippen LogP contribution < -0.4 is 11.1 Å². The van der Waals surface area contributed by atoms with Gasteiger partial charge in [-0.1, -0.05) is 0 Å². The third kappa shape index (κ3) is 3.64. The van der Waals surface area contributed by atoms with Crippen LogP contribution in [0.15, 0.2) is 16.7 Å². The second kappa shape index (κ2) is 5.32. The van der Waals surface area contributed by atoms with Crippen molar-refractivity contribution in [1.29, 1.82) is 0 Å². The topological polar surface area (TPSA) is 50.9 Å². The lowest BCUT2D eigenvalue weighted by molar-refractivity contribution is 0.689. The monoisotopic (exact) mass is 257 g/mol. The number of nitrogens with one attached hydrogen (secondary N) is 1. The van der Waals surface area contributed by atoms with E-state index >= 15 is 0 Å². The Kier molecular flexibility index (Phi) is 4.35. The van der Waals surface area contributed by atoms with Gasteiger partial charge in [-0.05, 0) is 47.8 Å². The average Bonchev–Trinajstić information content (AvgIpc) is 2.10. The second-order valence-corrected chi connectivity index (χ2v) is 4.37.